The highest BCUT2D eigenvalue weighted by molar-refractivity contribution is 5.91. The van der Waals surface area contributed by atoms with Crippen molar-refractivity contribution in [3.05, 3.63) is 5.82 Å². The van der Waals surface area contributed by atoms with Crippen LogP contribution in [0.1, 0.15) is 30.9 Å². The maximum absolute atomic E-state index is 13.1. The number of aromatic nitrogens is 3. The summed E-state index contributed by atoms with van der Waals surface area (Å²) in [5, 5.41) is 4.37. The summed E-state index contributed by atoms with van der Waals surface area (Å²) in [7, 11) is 5.65. The van der Waals surface area contributed by atoms with Crippen molar-refractivity contribution in [2.45, 2.75) is 20.3 Å². The molecule has 3 fully saturated rings. The fourth-order valence-corrected chi connectivity index (χ4v) is 5.70. The number of nitrogens with zero attached hydrogens (tertiary/aromatic N) is 6. The molecule has 3 heterocycles. The second kappa shape index (κ2) is 6.44. The standard InChI is InChI=1S/C19H32N6O2/c1-18(2)11-19(12-24-6-8-27-9-7-24)13-25(10-14(18)19)16(26)15-20-17(22(3)4)23(5)21-15/h14H,6-13H2,1-5H3/t14-,19+/m1/s1. The van der Waals surface area contributed by atoms with E-state index in [0.717, 1.165) is 45.9 Å². The van der Waals surface area contributed by atoms with E-state index in [4.69, 9.17) is 4.74 Å². The number of ether oxygens (including phenoxy) is 1. The lowest BCUT2D eigenvalue weighted by molar-refractivity contribution is -0.0966. The van der Waals surface area contributed by atoms with Crippen molar-refractivity contribution < 1.29 is 9.53 Å². The Kier molecular flexibility index (Phi) is 4.46. The molecule has 0 unspecified atom stereocenters. The summed E-state index contributed by atoms with van der Waals surface area (Å²) < 4.78 is 7.18. The number of hydrogen-bond acceptors (Lipinski definition) is 6. The van der Waals surface area contributed by atoms with Gasteiger partial charge in [-0.1, -0.05) is 13.8 Å². The molecule has 8 nitrogen and oxygen atoms in total. The second-order valence-corrected chi connectivity index (χ2v) is 9.41. The first kappa shape index (κ1) is 18.7. The van der Waals surface area contributed by atoms with Crippen LogP contribution in [0.15, 0.2) is 0 Å². The zero-order chi connectivity index (χ0) is 19.4. The molecule has 0 N–H and O–H groups in total. The van der Waals surface area contributed by atoms with Gasteiger partial charge in [0.1, 0.15) is 0 Å². The summed E-state index contributed by atoms with van der Waals surface area (Å²) in [4.78, 5) is 24.0. The zero-order valence-electron chi connectivity index (χ0n) is 17.2. The van der Waals surface area contributed by atoms with Gasteiger partial charge in [0, 0.05) is 59.3 Å². The van der Waals surface area contributed by atoms with Crippen molar-refractivity contribution in [1.82, 2.24) is 24.6 Å². The molecule has 0 radical (unpaired) electrons. The molecule has 27 heavy (non-hydrogen) atoms. The second-order valence-electron chi connectivity index (χ2n) is 9.41. The predicted octanol–water partition coefficient (Wildman–Crippen LogP) is 0.702. The number of morpholine rings is 1. The fourth-order valence-electron chi connectivity index (χ4n) is 5.70. The molecule has 2 aliphatic heterocycles. The largest absolute Gasteiger partial charge is 0.379 e. The van der Waals surface area contributed by atoms with Gasteiger partial charge in [-0.2, -0.15) is 4.98 Å². The molecule has 1 aromatic rings. The number of rotatable bonds is 4. The summed E-state index contributed by atoms with van der Waals surface area (Å²) in [5.41, 5.74) is 0.489. The van der Waals surface area contributed by atoms with Crippen molar-refractivity contribution in [2.24, 2.45) is 23.8 Å². The Labute approximate surface area is 161 Å². The van der Waals surface area contributed by atoms with Gasteiger partial charge >= 0.3 is 0 Å². The lowest BCUT2D eigenvalue weighted by Gasteiger charge is -2.58. The van der Waals surface area contributed by atoms with E-state index in [1.165, 1.54) is 6.42 Å². The van der Waals surface area contributed by atoms with Gasteiger partial charge in [0.2, 0.25) is 11.8 Å². The van der Waals surface area contributed by atoms with Crippen LogP contribution in [0.5, 0.6) is 0 Å². The smallest absolute Gasteiger partial charge is 0.293 e. The minimum Gasteiger partial charge on any atom is -0.379 e. The molecule has 0 spiro atoms. The highest BCUT2D eigenvalue weighted by Gasteiger charge is 2.63. The Hall–Kier alpha value is -1.67. The van der Waals surface area contributed by atoms with Crippen LogP contribution >= 0.6 is 0 Å². The van der Waals surface area contributed by atoms with Gasteiger partial charge < -0.3 is 14.5 Å². The molecule has 150 valence electrons. The average molecular weight is 377 g/mol. The lowest BCUT2D eigenvalue weighted by Crippen LogP contribution is -2.59. The van der Waals surface area contributed by atoms with E-state index < -0.39 is 0 Å². The molecule has 4 rings (SSSR count). The molecule has 2 atom stereocenters. The third kappa shape index (κ3) is 3.12. The van der Waals surface area contributed by atoms with Crippen molar-refractivity contribution in [3.63, 3.8) is 0 Å². The van der Waals surface area contributed by atoms with Gasteiger partial charge in [-0.25, -0.2) is 4.68 Å². The summed E-state index contributed by atoms with van der Waals surface area (Å²) >= 11 is 0. The van der Waals surface area contributed by atoms with Crippen molar-refractivity contribution in [2.75, 3.05) is 64.9 Å². The zero-order valence-corrected chi connectivity index (χ0v) is 17.2. The number of anilines is 1. The molecule has 1 aromatic heterocycles. The summed E-state index contributed by atoms with van der Waals surface area (Å²) in [6.45, 7) is 11.0. The van der Waals surface area contributed by atoms with E-state index in [2.05, 4.69) is 28.8 Å². The van der Waals surface area contributed by atoms with Crippen molar-refractivity contribution in [3.8, 4) is 0 Å². The van der Waals surface area contributed by atoms with Crippen LogP contribution in [-0.2, 0) is 11.8 Å². The minimum atomic E-state index is -0.0368. The first-order valence-electron chi connectivity index (χ1n) is 9.90. The molecule has 3 aliphatic rings. The molecule has 0 aromatic carbocycles. The Bertz CT molecular complexity index is 724. The highest BCUT2D eigenvalue weighted by atomic mass is 16.5. The summed E-state index contributed by atoms with van der Waals surface area (Å²) in [6, 6.07) is 0. The molecular weight excluding hydrogens is 344 g/mol. The number of likely N-dealkylation sites (tertiary alicyclic amines) is 1. The van der Waals surface area contributed by atoms with E-state index in [-0.39, 0.29) is 16.7 Å². The number of amides is 1. The van der Waals surface area contributed by atoms with Gasteiger partial charge in [-0.3, -0.25) is 9.69 Å². The molecule has 2 saturated heterocycles. The van der Waals surface area contributed by atoms with Crippen LogP contribution < -0.4 is 4.90 Å². The normalized spacial score (nSPS) is 30.1. The van der Waals surface area contributed by atoms with Crippen molar-refractivity contribution >= 4 is 11.9 Å². The van der Waals surface area contributed by atoms with Gasteiger partial charge in [0.05, 0.1) is 13.2 Å². The maximum Gasteiger partial charge on any atom is 0.293 e. The first-order valence-corrected chi connectivity index (χ1v) is 9.90. The molecule has 1 amide bonds. The summed E-state index contributed by atoms with van der Waals surface area (Å²) in [6.07, 6.45) is 1.17. The monoisotopic (exact) mass is 376 g/mol. The number of aryl methyl sites for hydroxylation is 1. The van der Waals surface area contributed by atoms with Gasteiger partial charge in [0.15, 0.2) is 0 Å². The van der Waals surface area contributed by atoms with E-state index in [9.17, 15) is 4.79 Å². The number of hydrogen-bond donors (Lipinski definition) is 0. The minimum absolute atomic E-state index is 0.0368. The number of carbonyl (C=O) groups excluding carboxylic acids is 1. The SMILES string of the molecule is CN(C)c1nc(C(=O)N2C[C@@H]3C(C)(C)C[C@]3(CN3CCOCC3)C2)nn1C. The van der Waals surface area contributed by atoms with Gasteiger partial charge in [0.25, 0.3) is 5.91 Å². The topological polar surface area (TPSA) is 66.7 Å². The molecule has 1 saturated carbocycles. The maximum atomic E-state index is 13.1. The Morgan fingerprint density at radius 1 is 1.30 bits per heavy atom. The molecular formula is C19H32N6O2. The van der Waals surface area contributed by atoms with Crippen molar-refractivity contribution in [1.29, 1.82) is 0 Å². The number of carbonyl (C=O) groups is 1. The molecule has 0 bridgehead atoms. The average Bonchev–Trinajstić information content (AvgIpc) is 3.14. The Morgan fingerprint density at radius 3 is 2.59 bits per heavy atom. The Morgan fingerprint density at radius 2 is 2.00 bits per heavy atom. The predicted molar refractivity (Wildman–Crippen MR) is 103 cm³/mol. The van der Waals surface area contributed by atoms with Crippen LogP contribution in [0, 0.1) is 16.7 Å². The first-order chi connectivity index (χ1) is 12.7. The fraction of sp³-hybridized carbons (Fsp3) is 0.842. The summed E-state index contributed by atoms with van der Waals surface area (Å²) in [5.74, 6) is 1.50. The number of fused-ring (bicyclic) bond motifs is 1. The van der Waals surface area contributed by atoms with E-state index in [0.29, 0.717) is 17.7 Å². The van der Waals surface area contributed by atoms with Crippen LogP contribution in [0.25, 0.3) is 0 Å². The molecule has 8 heteroatoms. The highest BCUT2D eigenvalue weighted by Crippen LogP contribution is 2.63. The quantitative estimate of drug-likeness (QED) is 0.771. The van der Waals surface area contributed by atoms with Crippen LogP contribution in [-0.4, -0.2) is 90.5 Å². The van der Waals surface area contributed by atoms with Crippen LogP contribution in [0.2, 0.25) is 0 Å². The van der Waals surface area contributed by atoms with E-state index in [1.807, 2.05) is 30.9 Å². The molecule has 1 aliphatic carbocycles. The Balaban J connectivity index is 1.52. The lowest BCUT2D eigenvalue weighted by atomic mass is 9.48. The van der Waals surface area contributed by atoms with Crippen LogP contribution in [0.4, 0.5) is 5.95 Å². The van der Waals surface area contributed by atoms with Gasteiger partial charge in [-0.05, 0) is 17.8 Å². The van der Waals surface area contributed by atoms with E-state index in [1.54, 1.807) is 4.68 Å². The third-order valence-corrected chi connectivity index (χ3v) is 6.66. The third-order valence-electron chi connectivity index (χ3n) is 6.66. The van der Waals surface area contributed by atoms with Crippen LogP contribution in [0.3, 0.4) is 0 Å². The van der Waals surface area contributed by atoms with Gasteiger partial charge in [-0.15, -0.1) is 5.10 Å². The van der Waals surface area contributed by atoms with E-state index >= 15 is 0 Å².